The first-order valence-electron chi connectivity index (χ1n) is 12.7. The third kappa shape index (κ3) is 7.07. The molecule has 0 radical (unpaired) electrons. The highest BCUT2D eigenvalue weighted by atomic mass is 32.1. The highest BCUT2D eigenvalue weighted by Crippen LogP contribution is 2.29. The number of nitrogens with zero attached hydrogens (tertiary/aromatic N) is 4. The van der Waals surface area contributed by atoms with E-state index in [9.17, 15) is 9.59 Å². The van der Waals surface area contributed by atoms with Crippen molar-refractivity contribution in [3.05, 3.63) is 90.0 Å². The molecule has 4 rings (SSSR count). The molecular formula is C29H32N6O2S. The zero-order chi connectivity index (χ0) is 26.7. The summed E-state index contributed by atoms with van der Waals surface area (Å²) in [6.07, 6.45) is 1.04. The van der Waals surface area contributed by atoms with Crippen LogP contribution in [0.5, 0.6) is 0 Å². The molecule has 3 aromatic carbocycles. The summed E-state index contributed by atoms with van der Waals surface area (Å²) in [5.74, 6) is 0.842. The molecule has 0 aliphatic carbocycles. The molecule has 0 aliphatic heterocycles. The Balaban J connectivity index is 1.37. The van der Waals surface area contributed by atoms with Crippen molar-refractivity contribution >= 4 is 24.4 Å². The number of hydrogen-bond acceptors (Lipinski definition) is 6. The fraction of sp³-hybridized carbons (Fsp3) is 0.276. The van der Waals surface area contributed by atoms with Gasteiger partial charge in [0.05, 0.1) is 5.92 Å². The summed E-state index contributed by atoms with van der Waals surface area (Å²) in [4.78, 5) is 27.2. The van der Waals surface area contributed by atoms with E-state index in [1.807, 2.05) is 85.8 Å². The van der Waals surface area contributed by atoms with Crippen LogP contribution in [-0.2, 0) is 22.6 Å². The monoisotopic (exact) mass is 528 g/mol. The second-order valence-corrected chi connectivity index (χ2v) is 9.39. The molecule has 0 bridgehead atoms. The van der Waals surface area contributed by atoms with Crippen LogP contribution in [0.2, 0.25) is 0 Å². The van der Waals surface area contributed by atoms with Crippen molar-refractivity contribution in [1.29, 1.82) is 0 Å². The maximum absolute atomic E-state index is 12.8. The van der Waals surface area contributed by atoms with Gasteiger partial charge in [0, 0.05) is 37.4 Å². The van der Waals surface area contributed by atoms with Crippen molar-refractivity contribution in [3.8, 4) is 22.5 Å². The fourth-order valence-corrected chi connectivity index (χ4v) is 4.63. The summed E-state index contributed by atoms with van der Waals surface area (Å²) in [5.41, 5.74) is 5.07. The number of rotatable bonds is 12. The molecule has 1 atom stereocenters. The van der Waals surface area contributed by atoms with Gasteiger partial charge in [0.15, 0.2) is 5.82 Å². The first kappa shape index (κ1) is 27.1. The third-order valence-corrected chi connectivity index (χ3v) is 6.86. The topological polar surface area (TPSA) is 104 Å². The SMILES string of the molecule is CCC(=O)N(CCNC(=O)C(CS)Cc1ccccc1)Cc1ccc(-c2ccccc2-c2nnn[nH]2)cc1. The summed E-state index contributed by atoms with van der Waals surface area (Å²) in [5, 5.41) is 17.2. The number of amides is 2. The lowest BCUT2D eigenvalue weighted by Gasteiger charge is -2.23. The standard InChI is InChI=1S/C29H32N6O2S/c1-2-27(36)35(17-16-30-29(37)24(20-38)18-21-8-4-3-5-9-21)19-22-12-14-23(15-13-22)25-10-6-7-11-26(25)28-31-33-34-32-28/h3-15,24,38H,2,16-20H2,1H3,(H,30,37)(H,31,32,33,34). The molecule has 0 fully saturated rings. The molecule has 0 saturated carbocycles. The van der Waals surface area contributed by atoms with E-state index in [0.717, 1.165) is 27.8 Å². The van der Waals surface area contributed by atoms with E-state index in [-0.39, 0.29) is 17.7 Å². The van der Waals surface area contributed by atoms with Crippen LogP contribution in [-0.4, -0.2) is 56.2 Å². The van der Waals surface area contributed by atoms with Crippen molar-refractivity contribution < 1.29 is 9.59 Å². The van der Waals surface area contributed by atoms with Crippen LogP contribution in [0, 0.1) is 5.92 Å². The number of nitrogens with one attached hydrogen (secondary N) is 2. The van der Waals surface area contributed by atoms with Crippen LogP contribution in [0.15, 0.2) is 78.9 Å². The zero-order valence-electron chi connectivity index (χ0n) is 21.4. The number of benzene rings is 3. The molecule has 9 heteroatoms. The molecule has 0 aliphatic rings. The van der Waals surface area contributed by atoms with E-state index in [0.29, 0.717) is 44.1 Å². The lowest BCUT2D eigenvalue weighted by molar-refractivity contribution is -0.132. The number of tetrazole rings is 1. The van der Waals surface area contributed by atoms with Gasteiger partial charge in [-0.3, -0.25) is 9.59 Å². The molecule has 2 N–H and O–H groups in total. The van der Waals surface area contributed by atoms with Gasteiger partial charge >= 0.3 is 0 Å². The van der Waals surface area contributed by atoms with Crippen LogP contribution < -0.4 is 5.32 Å². The first-order chi connectivity index (χ1) is 18.6. The number of thiol groups is 1. The molecule has 1 unspecified atom stereocenters. The van der Waals surface area contributed by atoms with Crippen LogP contribution in [0.3, 0.4) is 0 Å². The van der Waals surface area contributed by atoms with Crippen LogP contribution in [0.25, 0.3) is 22.5 Å². The van der Waals surface area contributed by atoms with Crippen molar-refractivity contribution in [2.24, 2.45) is 5.92 Å². The minimum atomic E-state index is -0.223. The molecule has 2 amide bonds. The summed E-state index contributed by atoms with van der Waals surface area (Å²) < 4.78 is 0. The van der Waals surface area contributed by atoms with Gasteiger partial charge in [-0.05, 0) is 39.1 Å². The summed E-state index contributed by atoms with van der Waals surface area (Å²) in [7, 11) is 0. The van der Waals surface area contributed by atoms with Crippen molar-refractivity contribution in [2.75, 3.05) is 18.8 Å². The Labute approximate surface area is 228 Å². The Hall–Kier alpha value is -3.98. The quantitative estimate of drug-likeness (QED) is 0.239. The highest BCUT2D eigenvalue weighted by Gasteiger charge is 2.19. The van der Waals surface area contributed by atoms with E-state index in [1.54, 1.807) is 4.90 Å². The number of aromatic nitrogens is 4. The number of carbonyl (C=O) groups excluding carboxylic acids is 2. The normalized spacial score (nSPS) is 11.6. The molecule has 1 heterocycles. The van der Waals surface area contributed by atoms with Crippen molar-refractivity contribution in [2.45, 2.75) is 26.3 Å². The molecular weight excluding hydrogens is 496 g/mol. The molecule has 0 saturated heterocycles. The second kappa shape index (κ2) is 13.5. The van der Waals surface area contributed by atoms with Gasteiger partial charge in [0.1, 0.15) is 0 Å². The lowest BCUT2D eigenvalue weighted by atomic mass is 9.98. The predicted octanol–water partition coefficient (Wildman–Crippen LogP) is 4.18. The van der Waals surface area contributed by atoms with Gasteiger partial charge in [-0.25, -0.2) is 5.10 Å². The predicted molar refractivity (Wildman–Crippen MR) is 151 cm³/mol. The lowest BCUT2D eigenvalue weighted by Crippen LogP contribution is -2.40. The van der Waals surface area contributed by atoms with E-state index in [4.69, 9.17) is 0 Å². The minimum absolute atomic E-state index is 0.0431. The Morgan fingerprint density at radius 1 is 0.947 bits per heavy atom. The average molecular weight is 529 g/mol. The largest absolute Gasteiger partial charge is 0.354 e. The van der Waals surface area contributed by atoms with Gasteiger partial charge in [-0.15, -0.1) is 5.10 Å². The van der Waals surface area contributed by atoms with E-state index in [2.05, 4.69) is 38.6 Å². The molecule has 1 aromatic heterocycles. The Morgan fingerprint density at radius 2 is 1.66 bits per heavy atom. The smallest absolute Gasteiger partial charge is 0.224 e. The summed E-state index contributed by atoms with van der Waals surface area (Å²) in [6.45, 7) is 3.14. The molecule has 4 aromatic rings. The molecule has 196 valence electrons. The third-order valence-electron chi connectivity index (χ3n) is 6.42. The zero-order valence-corrected chi connectivity index (χ0v) is 22.3. The number of hydrogen-bond donors (Lipinski definition) is 3. The maximum Gasteiger partial charge on any atom is 0.224 e. The first-order valence-corrected chi connectivity index (χ1v) is 13.3. The Bertz CT molecular complexity index is 1310. The van der Waals surface area contributed by atoms with Gasteiger partial charge < -0.3 is 10.2 Å². The van der Waals surface area contributed by atoms with E-state index < -0.39 is 0 Å². The van der Waals surface area contributed by atoms with Crippen LogP contribution in [0.4, 0.5) is 0 Å². The molecule has 38 heavy (non-hydrogen) atoms. The van der Waals surface area contributed by atoms with Gasteiger partial charge in [0.2, 0.25) is 11.8 Å². The van der Waals surface area contributed by atoms with Crippen LogP contribution in [0.1, 0.15) is 24.5 Å². The Morgan fingerprint density at radius 3 is 2.32 bits per heavy atom. The molecule has 0 spiro atoms. The summed E-state index contributed by atoms with van der Waals surface area (Å²) in [6, 6.07) is 26.0. The average Bonchev–Trinajstić information content (AvgIpc) is 3.51. The van der Waals surface area contributed by atoms with E-state index in [1.165, 1.54) is 0 Å². The number of aromatic amines is 1. The van der Waals surface area contributed by atoms with Gasteiger partial charge in [0.25, 0.3) is 0 Å². The summed E-state index contributed by atoms with van der Waals surface area (Å²) >= 11 is 4.38. The Kier molecular flexibility index (Phi) is 9.64. The number of H-pyrrole nitrogens is 1. The molecule has 8 nitrogen and oxygen atoms in total. The van der Waals surface area contributed by atoms with Crippen LogP contribution >= 0.6 is 12.6 Å². The van der Waals surface area contributed by atoms with Gasteiger partial charge in [-0.2, -0.15) is 12.6 Å². The number of carbonyl (C=O) groups is 2. The van der Waals surface area contributed by atoms with E-state index >= 15 is 0 Å². The minimum Gasteiger partial charge on any atom is -0.354 e. The highest BCUT2D eigenvalue weighted by molar-refractivity contribution is 7.80. The van der Waals surface area contributed by atoms with Gasteiger partial charge in [-0.1, -0.05) is 85.8 Å². The van der Waals surface area contributed by atoms with Crippen molar-refractivity contribution in [1.82, 2.24) is 30.8 Å². The second-order valence-electron chi connectivity index (χ2n) is 9.02. The fourth-order valence-electron chi connectivity index (χ4n) is 4.34. The maximum atomic E-state index is 12.8. The van der Waals surface area contributed by atoms with Crippen molar-refractivity contribution in [3.63, 3.8) is 0 Å².